The number of carbonyl (C=O) groups excluding carboxylic acids is 2. The van der Waals surface area contributed by atoms with Gasteiger partial charge in [-0.15, -0.1) is 0 Å². The minimum atomic E-state index is -0.266. The van der Waals surface area contributed by atoms with Gasteiger partial charge in [0.2, 0.25) is 0 Å². The van der Waals surface area contributed by atoms with Gasteiger partial charge in [-0.25, -0.2) is 4.98 Å². The molecule has 0 aromatic carbocycles. The van der Waals surface area contributed by atoms with Crippen LogP contribution in [0, 0.1) is 0 Å². The summed E-state index contributed by atoms with van der Waals surface area (Å²) in [6, 6.07) is 3.45. The quantitative estimate of drug-likeness (QED) is 0.644. The summed E-state index contributed by atoms with van der Waals surface area (Å²) >= 11 is 0. The normalized spacial score (nSPS) is 14.0. The van der Waals surface area contributed by atoms with E-state index in [0.29, 0.717) is 43.3 Å². The lowest BCUT2D eigenvalue weighted by Crippen LogP contribution is -2.32. The summed E-state index contributed by atoms with van der Waals surface area (Å²) in [5.41, 5.74) is 0.940. The Hall–Kier alpha value is -3.76. The molecular weight excluding hydrogens is 408 g/mol. The zero-order valence-electron chi connectivity index (χ0n) is 17.3. The van der Waals surface area contributed by atoms with Crippen LogP contribution in [0.1, 0.15) is 11.1 Å². The Morgan fingerprint density at radius 1 is 1.03 bits per heavy atom. The molecule has 0 amide bonds. The molecule has 11 heteroatoms. The van der Waals surface area contributed by atoms with Crippen LogP contribution in [-0.4, -0.2) is 63.3 Å². The Balaban J connectivity index is 0.000000176. The van der Waals surface area contributed by atoms with Crippen molar-refractivity contribution in [2.75, 3.05) is 50.2 Å². The number of hydrogen-bond acceptors (Lipinski definition) is 10. The summed E-state index contributed by atoms with van der Waals surface area (Å²) < 4.78 is 20.1. The fourth-order valence-electron chi connectivity index (χ4n) is 3.05. The van der Waals surface area contributed by atoms with Gasteiger partial charge in [-0.1, -0.05) is 0 Å². The highest BCUT2D eigenvalue weighted by Crippen LogP contribution is 2.29. The van der Waals surface area contributed by atoms with E-state index in [1.54, 1.807) is 12.3 Å². The van der Waals surface area contributed by atoms with Gasteiger partial charge in [-0.05, 0) is 12.1 Å². The van der Waals surface area contributed by atoms with E-state index in [1.165, 1.54) is 0 Å². The second-order valence-corrected chi connectivity index (χ2v) is 6.86. The van der Waals surface area contributed by atoms with E-state index in [4.69, 9.17) is 9.47 Å². The van der Waals surface area contributed by atoms with E-state index in [0.717, 1.165) is 30.2 Å². The molecule has 11 nitrogen and oxygen atoms in total. The number of rotatable bonds is 6. The number of carbonyl (C=O) groups is 2. The lowest BCUT2D eigenvalue weighted by Gasteiger charge is -2.27. The van der Waals surface area contributed by atoms with Gasteiger partial charge in [0.25, 0.3) is 18.5 Å². The summed E-state index contributed by atoms with van der Waals surface area (Å²) in [4.78, 5) is 42.6. The number of fused-ring (bicyclic) bond motifs is 2. The number of aromatic nitrogens is 2. The van der Waals surface area contributed by atoms with Crippen LogP contribution < -0.4 is 24.8 Å². The lowest BCUT2D eigenvalue weighted by atomic mass is 10.2. The summed E-state index contributed by atoms with van der Waals surface area (Å²) in [6.45, 7) is 3.72. The van der Waals surface area contributed by atoms with E-state index < -0.39 is 0 Å². The Labute approximate surface area is 178 Å². The molecule has 2 aliphatic rings. The van der Waals surface area contributed by atoms with Crippen molar-refractivity contribution >= 4 is 24.6 Å². The SMILES string of the molecule is CN1CCOc2cc(COC=O)c(=O)[nH]c21.CN1CCOc2cc(COC=O)cnc21. The standard InChI is InChI=1S/C10H12N2O4.C10H12N2O3/c1-12-2-3-16-8-4-7(5-15-6-13)10(14)11-9(8)12;1-12-2-3-15-9-4-8(6-14-7-13)5-11-10(9)12/h4,6H,2-3,5H2,1H3,(H,11,14);4-5,7H,2-3,6H2,1H3. The zero-order valence-corrected chi connectivity index (χ0v) is 17.3. The fraction of sp³-hybridized carbons (Fsp3) is 0.400. The van der Waals surface area contributed by atoms with Gasteiger partial charge in [0.05, 0.1) is 18.7 Å². The van der Waals surface area contributed by atoms with Crippen LogP contribution in [0.3, 0.4) is 0 Å². The van der Waals surface area contributed by atoms with Crippen molar-refractivity contribution in [3.63, 3.8) is 0 Å². The summed E-state index contributed by atoms with van der Waals surface area (Å²) in [5, 5.41) is 0. The van der Waals surface area contributed by atoms with Gasteiger partial charge < -0.3 is 33.7 Å². The number of nitrogens with one attached hydrogen (secondary N) is 1. The molecule has 166 valence electrons. The van der Waals surface area contributed by atoms with Crippen LogP contribution in [-0.2, 0) is 32.3 Å². The van der Waals surface area contributed by atoms with Crippen LogP contribution >= 0.6 is 0 Å². The molecule has 0 fully saturated rings. The van der Waals surface area contributed by atoms with Crippen LogP contribution in [0.25, 0.3) is 0 Å². The van der Waals surface area contributed by atoms with Gasteiger partial charge in [-0.2, -0.15) is 0 Å². The molecule has 4 heterocycles. The molecule has 0 aliphatic carbocycles. The molecule has 0 saturated heterocycles. The largest absolute Gasteiger partial charge is 0.488 e. The maximum atomic E-state index is 11.6. The number of H-pyrrole nitrogens is 1. The molecule has 2 aliphatic heterocycles. The highest BCUT2D eigenvalue weighted by Gasteiger charge is 2.18. The van der Waals surface area contributed by atoms with Crippen LogP contribution in [0.2, 0.25) is 0 Å². The lowest BCUT2D eigenvalue weighted by molar-refractivity contribution is -0.130. The average Bonchev–Trinajstić information content (AvgIpc) is 2.77. The first-order chi connectivity index (χ1) is 15.0. The third kappa shape index (κ3) is 5.44. The smallest absolute Gasteiger partial charge is 0.293 e. The van der Waals surface area contributed by atoms with Crippen molar-refractivity contribution in [1.29, 1.82) is 0 Å². The maximum absolute atomic E-state index is 11.6. The van der Waals surface area contributed by atoms with E-state index in [1.807, 2.05) is 30.0 Å². The van der Waals surface area contributed by atoms with Crippen molar-refractivity contribution in [1.82, 2.24) is 9.97 Å². The third-order valence-corrected chi connectivity index (χ3v) is 4.69. The summed E-state index contributed by atoms with van der Waals surface area (Å²) in [7, 11) is 3.84. The van der Waals surface area contributed by atoms with Gasteiger partial charge in [0.1, 0.15) is 26.4 Å². The first-order valence-corrected chi connectivity index (χ1v) is 9.57. The van der Waals surface area contributed by atoms with E-state index in [-0.39, 0.29) is 18.8 Å². The molecule has 0 spiro atoms. The Morgan fingerprint density at radius 3 is 2.45 bits per heavy atom. The van der Waals surface area contributed by atoms with Crippen molar-refractivity contribution in [2.24, 2.45) is 0 Å². The molecule has 2 aromatic rings. The van der Waals surface area contributed by atoms with Gasteiger partial charge in [0, 0.05) is 25.9 Å². The minimum Gasteiger partial charge on any atom is -0.488 e. The van der Waals surface area contributed by atoms with Crippen LogP contribution in [0.4, 0.5) is 11.6 Å². The molecule has 2 aromatic heterocycles. The highest BCUT2D eigenvalue weighted by molar-refractivity contribution is 5.55. The van der Waals surface area contributed by atoms with Crippen molar-refractivity contribution in [3.05, 3.63) is 39.8 Å². The van der Waals surface area contributed by atoms with Crippen molar-refractivity contribution in [2.45, 2.75) is 13.2 Å². The Kier molecular flexibility index (Phi) is 7.31. The number of aromatic amines is 1. The Morgan fingerprint density at radius 2 is 1.71 bits per heavy atom. The molecule has 0 bridgehead atoms. The number of anilines is 2. The second kappa shape index (κ2) is 10.3. The Bertz CT molecular complexity index is 978. The van der Waals surface area contributed by atoms with Crippen molar-refractivity contribution < 1.29 is 28.5 Å². The monoisotopic (exact) mass is 432 g/mol. The molecule has 4 rings (SSSR count). The van der Waals surface area contributed by atoms with Crippen molar-refractivity contribution in [3.8, 4) is 11.5 Å². The predicted molar refractivity (Wildman–Crippen MR) is 111 cm³/mol. The fourth-order valence-corrected chi connectivity index (χ4v) is 3.05. The number of likely N-dealkylation sites (N-methyl/N-ethyl adjacent to an activating group) is 2. The molecule has 0 unspecified atom stereocenters. The third-order valence-electron chi connectivity index (χ3n) is 4.69. The van der Waals surface area contributed by atoms with E-state index in [2.05, 4.69) is 19.4 Å². The average molecular weight is 432 g/mol. The molecule has 0 atom stereocenters. The van der Waals surface area contributed by atoms with E-state index >= 15 is 0 Å². The molecular formula is C20H24N4O7. The molecule has 0 saturated carbocycles. The molecule has 31 heavy (non-hydrogen) atoms. The number of hydrogen-bond donors (Lipinski definition) is 1. The zero-order chi connectivity index (χ0) is 22.2. The van der Waals surface area contributed by atoms with Crippen LogP contribution in [0.15, 0.2) is 23.1 Å². The number of pyridine rings is 2. The van der Waals surface area contributed by atoms with Gasteiger partial charge in [0.15, 0.2) is 23.1 Å². The second-order valence-electron chi connectivity index (χ2n) is 6.86. The van der Waals surface area contributed by atoms with E-state index in [9.17, 15) is 14.4 Å². The highest BCUT2D eigenvalue weighted by atomic mass is 16.5. The van der Waals surface area contributed by atoms with Gasteiger partial charge >= 0.3 is 0 Å². The predicted octanol–water partition coefficient (Wildman–Crippen LogP) is 0.460. The summed E-state index contributed by atoms with van der Waals surface area (Å²) in [5.74, 6) is 2.84. The first kappa shape index (κ1) is 21.9. The topological polar surface area (TPSA) is 123 Å². The number of nitrogens with zero attached hydrogens (tertiary/aromatic N) is 3. The molecule has 1 N–H and O–H groups in total. The van der Waals surface area contributed by atoms with Crippen LogP contribution in [0.5, 0.6) is 11.5 Å². The first-order valence-electron chi connectivity index (χ1n) is 9.57. The van der Waals surface area contributed by atoms with Gasteiger partial charge in [-0.3, -0.25) is 14.4 Å². The molecule has 0 radical (unpaired) electrons. The minimum absolute atomic E-state index is 0.0425. The number of ether oxygens (including phenoxy) is 4. The summed E-state index contributed by atoms with van der Waals surface area (Å²) in [6.07, 6.45) is 1.69. The maximum Gasteiger partial charge on any atom is 0.293 e.